The number of rotatable bonds is 13. The van der Waals surface area contributed by atoms with Crippen molar-refractivity contribution in [1.29, 1.82) is 0 Å². The molecule has 0 rings (SSSR count). The summed E-state index contributed by atoms with van der Waals surface area (Å²) in [7, 11) is 0. The summed E-state index contributed by atoms with van der Waals surface area (Å²) in [5.74, 6) is 0.0883. The molecule has 6 heteroatoms. The van der Waals surface area contributed by atoms with Gasteiger partial charge in [-0.1, -0.05) is 27.0 Å². The van der Waals surface area contributed by atoms with E-state index < -0.39 is 0 Å². The van der Waals surface area contributed by atoms with Crippen LogP contribution in [0.4, 0.5) is 0 Å². The van der Waals surface area contributed by atoms with Crippen molar-refractivity contribution in [2.75, 3.05) is 32.9 Å². The second kappa shape index (κ2) is 12.8. The quantitative estimate of drug-likeness (QED) is 0.500. The maximum absolute atomic E-state index is 11.1. The SMILES string of the molecule is C=CC(=O)NCC(C)COCC(C)OCC(C)CNC(=O)C=C. The van der Waals surface area contributed by atoms with Crippen molar-refractivity contribution in [3.63, 3.8) is 0 Å². The third-order valence-electron chi connectivity index (χ3n) is 3.04. The second-order valence-electron chi connectivity index (χ2n) is 5.79. The Labute approximate surface area is 139 Å². The average molecular weight is 326 g/mol. The van der Waals surface area contributed by atoms with Gasteiger partial charge in [0.25, 0.3) is 0 Å². The van der Waals surface area contributed by atoms with Gasteiger partial charge < -0.3 is 20.1 Å². The van der Waals surface area contributed by atoms with Gasteiger partial charge in [-0.25, -0.2) is 0 Å². The molecule has 132 valence electrons. The first kappa shape index (κ1) is 21.3. The lowest BCUT2D eigenvalue weighted by Gasteiger charge is -2.18. The lowest BCUT2D eigenvalue weighted by molar-refractivity contribution is -0.117. The first-order valence-electron chi connectivity index (χ1n) is 7.88. The molecule has 0 spiro atoms. The molecule has 6 nitrogen and oxygen atoms in total. The van der Waals surface area contributed by atoms with Gasteiger partial charge in [0.05, 0.1) is 25.9 Å². The van der Waals surface area contributed by atoms with E-state index in [0.29, 0.717) is 32.9 Å². The van der Waals surface area contributed by atoms with E-state index in [1.807, 2.05) is 20.8 Å². The Hall–Kier alpha value is -1.66. The first-order chi connectivity index (χ1) is 10.9. The fourth-order valence-corrected chi connectivity index (χ4v) is 1.62. The normalized spacial score (nSPS) is 14.4. The minimum Gasteiger partial charge on any atom is -0.378 e. The predicted molar refractivity (Wildman–Crippen MR) is 91.0 cm³/mol. The van der Waals surface area contributed by atoms with Gasteiger partial charge in [-0.3, -0.25) is 9.59 Å². The van der Waals surface area contributed by atoms with Crippen LogP contribution in [-0.2, 0) is 19.1 Å². The summed E-state index contributed by atoms with van der Waals surface area (Å²) in [6.07, 6.45) is 2.48. The van der Waals surface area contributed by atoms with Crippen LogP contribution in [0.15, 0.2) is 25.3 Å². The fourth-order valence-electron chi connectivity index (χ4n) is 1.62. The smallest absolute Gasteiger partial charge is 0.243 e. The monoisotopic (exact) mass is 326 g/mol. The van der Waals surface area contributed by atoms with Gasteiger partial charge in [-0.2, -0.15) is 0 Å². The van der Waals surface area contributed by atoms with Crippen LogP contribution in [0.5, 0.6) is 0 Å². The van der Waals surface area contributed by atoms with E-state index in [1.165, 1.54) is 12.2 Å². The summed E-state index contributed by atoms with van der Waals surface area (Å²) in [5.41, 5.74) is 0. The molecule has 2 amide bonds. The van der Waals surface area contributed by atoms with Crippen LogP contribution in [0.2, 0.25) is 0 Å². The molecule has 0 fully saturated rings. The first-order valence-corrected chi connectivity index (χ1v) is 7.88. The Bertz CT molecular complexity index is 385. The van der Waals surface area contributed by atoms with E-state index in [9.17, 15) is 9.59 Å². The molecule has 0 aromatic heterocycles. The molecule has 2 N–H and O–H groups in total. The van der Waals surface area contributed by atoms with Crippen LogP contribution >= 0.6 is 0 Å². The molecule has 0 aliphatic carbocycles. The van der Waals surface area contributed by atoms with Crippen LogP contribution < -0.4 is 10.6 Å². The molecule has 0 aromatic rings. The zero-order valence-electron chi connectivity index (χ0n) is 14.5. The van der Waals surface area contributed by atoms with E-state index in [2.05, 4.69) is 23.8 Å². The molecule has 0 saturated heterocycles. The van der Waals surface area contributed by atoms with Crippen LogP contribution in [0.3, 0.4) is 0 Å². The molecule has 0 heterocycles. The largest absolute Gasteiger partial charge is 0.378 e. The van der Waals surface area contributed by atoms with E-state index >= 15 is 0 Å². The minimum absolute atomic E-state index is 0.0254. The van der Waals surface area contributed by atoms with Crippen molar-refractivity contribution in [1.82, 2.24) is 10.6 Å². The third kappa shape index (κ3) is 12.6. The van der Waals surface area contributed by atoms with Gasteiger partial charge in [0.1, 0.15) is 0 Å². The fraction of sp³-hybridized carbons (Fsp3) is 0.647. The van der Waals surface area contributed by atoms with Crippen LogP contribution in [0, 0.1) is 11.8 Å². The van der Waals surface area contributed by atoms with Gasteiger partial charge in [-0.15, -0.1) is 0 Å². The van der Waals surface area contributed by atoms with Crippen molar-refractivity contribution in [2.24, 2.45) is 11.8 Å². The number of carbonyl (C=O) groups excluding carboxylic acids is 2. The lowest BCUT2D eigenvalue weighted by atomic mass is 10.2. The number of ether oxygens (including phenoxy) is 2. The standard InChI is InChI=1S/C17H30N2O4/c1-6-16(20)18-8-13(3)10-22-12-15(5)23-11-14(4)9-19-17(21)7-2/h6-7,13-15H,1-2,8-12H2,3-5H3,(H,18,20)(H,19,21). The zero-order valence-corrected chi connectivity index (χ0v) is 14.5. The number of hydrogen-bond donors (Lipinski definition) is 2. The van der Waals surface area contributed by atoms with E-state index in [1.54, 1.807) is 0 Å². The Morgan fingerprint density at radius 1 is 0.913 bits per heavy atom. The summed E-state index contributed by atoms with van der Waals surface area (Å²) in [6, 6.07) is 0. The van der Waals surface area contributed by atoms with Gasteiger partial charge >= 0.3 is 0 Å². The van der Waals surface area contributed by atoms with E-state index in [-0.39, 0.29) is 29.8 Å². The third-order valence-corrected chi connectivity index (χ3v) is 3.04. The highest BCUT2D eigenvalue weighted by atomic mass is 16.5. The molecule has 0 aliphatic heterocycles. The van der Waals surface area contributed by atoms with Crippen LogP contribution in [0.25, 0.3) is 0 Å². The molecular formula is C17H30N2O4. The predicted octanol–water partition coefficient (Wildman–Crippen LogP) is 1.28. The van der Waals surface area contributed by atoms with Crippen molar-refractivity contribution in [3.8, 4) is 0 Å². The van der Waals surface area contributed by atoms with Gasteiger partial charge in [0.2, 0.25) is 11.8 Å². The van der Waals surface area contributed by atoms with Gasteiger partial charge in [0, 0.05) is 13.1 Å². The molecule has 3 atom stereocenters. The van der Waals surface area contributed by atoms with Crippen LogP contribution in [-0.4, -0.2) is 50.8 Å². The summed E-state index contributed by atoms with van der Waals surface area (Å²) in [5, 5.41) is 5.46. The summed E-state index contributed by atoms with van der Waals surface area (Å²) in [6.45, 7) is 15.4. The summed E-state index contributed by atoms with van der Waals surface area (Å²) < 4.78 is 11.3. The number of amides is 2. The summed E-state index contributed by atoms with van der Waals surface area (Å²) >= 11 is 0. The number of carbonyl (C=O) groups is 2. The number of nitrogens with one attached hydrogen (secondary N) is 2. The highest BCUT2D eigenvalue weighted by Crippen LogP contribution is 2.01. The molecule has 0 aliphatic rings. The Balaban J connectivity index is 3.68. The molecule has 23 heavy (non-hydrogen) atoms. The Kier molecular flexibility index (Phi) is 11.9. The minimum atomic E-state index is -0.175. The van der Waals surface area contributed by atoms with Crippen molar-refractivity contribution in [3.05, 3.63) is 25.3 Å². The van der Waals surface area contributed by atoms with Gasteiger partial charge in [0.15, 0.2) is 0 Å². The zero-order chi connectivity index (χ0) is 17.7. The Morgan fingerprint density at radius 2 is 1.39 bits per heavy atom. The average Bonchev–Trinajstić information content (AvgIpc) is 2.55. The van der Waals surface area contributed by atoms with Crippen molar-refractivity contribution < 1.29 is 19.1 Å². The number of hydrogen-bond acceptors (Lipinski definition) is 4. The highest BCUT2D eigenvalue weighted by Gasteiger charge is 2.09. The van der Waals surface area contributed by atoms with Gasteiger partial charge in [-0.05, 0) is 30.9 Å². The molecule has 0 aromatic carbocycles. The molecule has 3 unspecified atom stereocenters. The van der Waals surface area contributed by atoms with Crippen LogP contribution in [0.1, 0.15) is 20.8 Å². The maximum atomic E-state index is 11.1. The summed E-state index contributed by atoms with van der Waals surface area (Å²) in [4.78, 5) is 22.1. The molecular weight excluding hydrogens is 296 g/mol. The highest BCUT2D eigenvalue weighted by molar-refractivity contribution is 5.87. The van der Waals surface area contributed by atoms with Crippen molar-refractivity contribution >= 4 is 11.8 Å². The maximum Gasteiger partial charge on any atom is 0.243 e. The van der Waals surface area contributed by atoms with E-state index in [4.69, 9.17) is 9.47 Å². The molecule has 0 bridgehead atoms. The molecule has 0 radical (unpaired) electrons. The Morgan fingerprint density at radius 3 is 1.87 bits per heavy atom. The van der Waals surface area contributed by atoms with Crippen molar-refractivity contribution in [2.45, 2.75) is 26.9 Å². The lowest BCUT2D eigenvalue weighted by Crippen LogP contribution is -2.31. The molecule has 0 saturated carbocycles. The van der Waals surface area contributed by atoms with E-state index in [0.717, 1.165) is 0 Å². The topological polar surface area (TPSA) is 76.7 Å². The second-order valence-corrected chi connectivity index (χ2v) is 5.79.